The third kappa shape index (κ3) is 3.70. The van der Waals surface area contributed by atoms with Gasteiger partial charge in [0.15, 0.2) is 19.7 Å². The van der Waals surface area contributed by atoms with Crippen LogP contribution in [0.4, 0.5) is 4.39 Å². The van der Waals surface area contributed by atoms with E-state index >= 15 is 0 Å². The van der Waals surface area contributed by atoms with E-state index in [0.717, 1.165) is 24.6 Å². The zero-order valence-corrected chi connectivity index (χ0v) is 14.0. The summed E-state index contributed by atoms with van der Waals surface area (Å²) in [6.07, 6.45) is 1.69. The van der Waals surface area contributed by atoms with Gasteiger partial charge in [0, 0.05) is 25.1 Å². The predicted octanol–water partition coefficient (Wildman–Crippen LogP) is 0.368. The minimum Gasteiger partial charge on any atom is -0.481 e. The molecule has 0 aromatic heterocycles. The van der Waals surface area contributed by atoms with Crippen molar-refractivity contribution in [3.63, 3.8) is 0 Å². The molecule has 0 radical (unpaired) electrons. The summed E-state index contributed by atoms with van der Waals surface area (Å²) in [6.45, 7) is 0.170. The van der Waals surface area contributed by atoms with Gasteiger partial charge < -0.3 is 10.4 Å². The number of hydrogen-bond acceptors (Lipinski definition) is 6. The Kier molecular flexibility index (Phi) is 4.53. The van der Waals surface area contributed by atoms with Gasteiger partial charge in [-0.25, -0.2) is 21.2 Å². The lowest BCUT2D eigenvalue weighted by Crippen LogP contribution is -2.18. The van der Waals surface area contributed by atoms with E-state index in [-0.39, 0.29) is 18.5 Å². The molecule has 0 saturated carbocycles. The number of sulfone groups is 2. The summed E-state index contributed by atoms with van der Waals surface area (Å²) >= 11 is 0. The van der Waals surface area contributed by atoms with E-state index < -0.39 is 53.2 Å². The van der Waals surface area contributed by atoms with E-state index in [0.29, 0.717) is 0 Å². The van der Waals surface area contributed by atoms with Crippen LogP contribution in [0.5, 0.6) is 0 Å². The van der Waals surface area contributed by atoms with Crippen molar-refractivity contribution in [1.29, 1.82) is 0 Å². The Balaban J connectivity index is 2.58. The molecule has 1 aromatic carbocycles. The van der Waals surface area contributed by atoms with Gasteiger partial charge in [0.2, 0.25) is 0 Å². The number of nitrogens with one attached hydrogen (secondary N) is 1. The van der Waals surface area contributed by atoms with E-state index in [2.05, 4.69) is 5.32 Å². The Labute approximate surface area is 133 Å². The topological polar surface area (TPSA) is 118 Å². The Morgan fingerprint density at radius 2 is 1.83 bits per heavy atom. The average molecular weight is 365 g/mol. The molecule has 0 amide bonds. The standard InChI is InChI=1S/C13H16FNO6S2/c1-22(18,19)11-5-7(3-9(14)12(11)23(2,20)21)10-4-8(6-15-10)13(16)17/h3,5,8,10,15H,4,6H2,1-2H3,(H,16,17). The fraction of sp³-hybridized carbons (Fsp3) is 0.462. The molecule has 1 fully saturated rings. The van der Waals surface area contributed by atoms with Crippen LogP contribution in [0.15, 0.2) is 21.9 Å². The zero-order valence-electron chi connectivity index (χ0n) is 12.4. The number of hydrogen-bond donors (Lipinski definition) is 2. The van der Waals surface area contributed by atoms with Gasteiger partial charge >= 0.3 is 5.97 Å². The molecule has 0 spiro atoms. The number of carboxylic acids is 1. The highest BCUT2D eigenvalue weighted by molar-refractivity contribution is 7.93. The molecule has 1 aliphatic rings. The summed E-state index contributed by atoms with van der Waals surface area (Å²) in [4.78, 5) is 9.49. The van der Waals surface area contributed by atoms with Crippen molar-refractivity contribution >= 4 is 25.6 Å². The largest absolute Gasteiger partial charge is 0.481 e. The number of benzene rings is 1. The summed E-state index contributed by atoms with van der Waals surface area (Å²) in [5, 5.41) is 11.9. The Bertz CT molecular complexity index is 863. The van der Waals surface area contributed by atoms with E-state index in [4.69, 9.17) is 5.11 Å². The SMILES string of the molecule is CS(=O)(=O)c1cc(C2CC(C(=O)O)CN2)cc(F)c1S(C)(=O)=O. The second-order valence-corrected chi connectivity index (χ2v) is 9.54. The molecule has 2 N–H and O–H groups in total. The first-order valence-corrected chi connectivity index (χ1v) is 10.4. The van der Waals surface area contributed by atoms with Gasteiger partial charge in [-0.15, -0.1) is 0 Å². The zero-order chi connectivity index (χ0) is 17.6. The molecule has 0 aliphatic carbocycles. The van der Waals surface area contributed by atoms with E-state index in [1.54, 1.807) is 0 Å². The molecule has 7 nitrogen and oxygen atoms in total. The average Bonchev–Trinajstić information content (AvgIpc) is 2.84. The molecule has 10 heteroatoms. The maximum Gasteiger partial charge on any atom is 0.307 e. The third-order valence-electron chi connectivity index (χ3n) is 3.68. The highest BCUT2D eigenvalue weighted by atomic mass is 32.2. The van der Waals surface area contributed by atoms with Crippen molar-refractivity contribution in [1.82, 2.24) is 5.32 Å². The molecule has 2 unspecified atom stereocenters. The number of carboxylic acid groups (broad SMARTS) is 1. The monoisotopic (exact) mass is 365 g/mol. The van der Waals surface area contributed by atoms with Crippen molar-refractivity contribution in [3.8, 4) is 0 Å². The molecule has 2 atom stereocenters. The number of halogens is 1. The van der Waals surface area contributed by atoms with Gasteiger partial charge in [-0.2, -0.15) is 0 Å². The summed E-state index contributed by atoms with van der Waals surface area (Å²) in [6, 6.07) is 1.48. The minimum absolute atomic E-state index is 0.163. The first-order chi connectivity index (χ1) is 10.4. The van der Waals surface area contributed by atoms with Gasteiger partial charge in [-0.05, 0) is 24.1 Å². The van der Waals surface area contributed by atoms with Crippen molar-refractivity contribution in [2.75, 3.05) is 19.1 Å². The molecular weight excluding hydrogens is 349 g/mol. The molecule has 1 saturated heterocycles. The number of rotatable bonds is 4. The van der Waals surface area contributed by atoms with Crippen LogP contribution < -0.4 is 5.32 Å². The van der Waals surface area contributed by atoms with Crippen molar-refractivity contribution < 1.29 is 31.1 Å². The van der Waals surface area contributed by atoms with Gasteiger partial charge in [-0.3, -0.25) is 4.79 Å². The highest BCUT2D eigenvalue weighted by Gasteiger charge is 2.33. The smallest absolute Gasteiger partial charge is 0.307 e. The summed E-state index contributed by atoms with van der Waals surface area (Å²) in [7, 11) is -8.06. The molecule has 2 rings (SSSR count). The van der Waals surface area contributed by atoms with Crippen LogP contribution in [0, 0.1) is 11.7 Å². The van der Waals surface area contributed by atoms with Gasteiger partial charge in [-0.1, -0.05) is 0 Å². The van der Waals surface area contributed by atoms with Crippen LogP contribution in [0.3, 0.4) is 0 Å². The molecular formula is C13H16FNO6S2. The summed E-state index contributed by atoms with van der Waals surface area (Å²) < 4.78 is 61.3. The van der Waals surface area contributed by atoms with E-state index in [1.165, 1.54) is 0 Å². The van der Waals surface area contributed by atoms with Gasteiger partial charge in [0.05, 0.1) is 10.8 Å². The van der Waals surface area contributed by atoms with E-state index in [9.17, 15) is 26.0 Å². The normalized spacial score (nSPS) is 22.2. The highest BCUT2D eigenvalue weighted by Crippen LogP contribution is 2.33. The van der Waals surface area contributed by atoms with E-state index in [1.807, 2.05) is 0 Å². The second kappa shape index (κ2) is 5.84. The molecule has 1 aliphatic heterocycles. The molecule has 0 bridgehead atoms. The minimum atomic E-state index is -4.08. The van der Waals surface area contributed by atoms with Crippen molar-refractivity contribution in [2.24, 2.45) is 5.92 Å². The quantitative estimate of drug-likeness (QED) is 0.791. The lowest BCUT2D eigenvalue weighted by atomic mass is 10.00. The summed E-state index contributed by atoms with van der Waals surface area (Å²) in [5.41, 5.74) is 0.207. The van der Waals surface area contributed by atoms with Crippen molar-refractivity contribution in [3.05, 3.63) is 23.5 Å². The van der Waals surface area contributed by atoms with Crippen LogP contribution >= 0.6 is 0 Å². The van der Waals surface area contributed by atoms with Crippen LogP contribution in [0.1, 0.15) is 18.0 Å². The predicted molar refractivity (Wildman–Crippen MR) is 79.1 cm³/mol. The Morgan fingerprint density at radius 1 is 1.22 bits per heavy atom. The van der Waals surface area contributed by atoms with Crippen LogP contribution in [0.25, 0.3) is 0 Å². The number of carbonyl (C=O) groups is 1. The maximum atomic E-state index is 14.3. The van der Waals surface area contributed by atoms with Gasteiger partial charge in [0.25, 0.3) is 0 Å². The van der Waals surface area contributed by atoms with Crippen LogP contribution in [-0.4, -0.2) is 47.0 Å². The first-order valence-electron chi connectivity index (χ1n) is 6.61. The second-order valence-electron chi connectivity index (χ2n) is 5.61. The molecule has 1 aromatic rings. The first kappa shape index (κ1) is 17.8. The Morgan fingerprint density at radius 3 is 2.26 bits per heavy atom. The van der Waals surface area contributed by atoms with Crippen molar-refractivity contribution in [2.45, 2.75) is 22.3 Å². The molecule has 23 heavy (non-hydrogen) atoms. The fourth-order valence-corrected chi connectivity index (χ4v) is 5.13. The maximum absolute atomic E-state index is 14.3. The van der Waals surface area contributed by atoms with Crippen LogP contribution in [-0.2, 0) is 24.5 Å². The molecule has 128 valence electrons. The van der Waals surface area contributed by atoms with Crippen LogP contribution in [0.2, 0.25) is 0 Å². The summed E-state index contributed by atoms with van der Waals surface area (Å²) in [5.74, 6) is -2.83. The molecule has 1 heterocycles. The van der Waals surface area contributed by atoms with Gasteiger partial charge in [0.1, 0.15) is 10.7 Å². The lowest BCUT2D eigenvalue weighted by Gasteiger charge is -2.15. The number of aliphatic carboxylic acids is 1. The fourth-order valence-electron chi connectivity index (χ4n) is 2.60. The third-order valence-corrected chi connectivity index (χ3v) is 6.09. The Hall–Kier alpha value is -1.52. The lowest BCUT2D eigenvalue weighted by molar-refractivity contribution is -0.141.